The third kappa shape index (κ3) is 7.58. The van der Waals surface area contributed by atoms with E-state index in [9.17, 15) is 9.18 Å². The van der Waals surface area contributed by atoms with Gasteiger partial charge in [-0.3, -0.25) is 9.79 Å². The third-order valence-corrected chi connectivity index (χ3v) is 2.73. The lowest BCUT2D eigenvalue weighted by atomic mass is 10.3. The summed E-state index contributed by atoms with van der Waals surface area (Å²) in [4.78, 5) is 15.8. The quantitative estimate of drug-likeness (QED) is 0.385. The Bertz CT molecular complexity index is 477. The Kier molecular flexibility index (Phi) is 8.59. The van der Waals surface area contributed by atoms with E-state index in [1.807, 2.05) is 6.92 Å². The van der Waals surface area contributed by atoms with E-state index in [4.69, 9.17) is 4.74 Å². The summed E-state index contributed by atoms with van der Waals surface area (Å²) in [6, 6.07) is 5.60. The smallest absolute Gasteiger partial charge is 0.243 e. The molecular formula is C15H23FN4O2. The summed E-state index contributed by atoms with van der Waals surface area (Å²) in [6.07, 6.45) is 0.857. The zero-order valence-electron chi connectivity index (χ0n) is 13.0. The van der Waals surface area contributed by atoms with Crippen molar-refractivity contribution in [2.45, 2.75) is 13.3 Å². The standard InChI is InChI=1S/C15H23FN4O2/c1-3-22-10-4-9-18-15(17-2)19-11-14(21)20-13-7-5-12(16)6-8-13/h5-8H,3-4,9-11H2,1-2H3,(H,20,21)(H2,17,18,19). The van der Waals surface area contributed by atoms with Gasteiger partial charge in [-0.1, -0.05) is 0 Å². The molecule has 0 heterocycles. The molecule has 1 amide bonds. The summed E-state index contributed by atoms with van der Waals surface area (Å²) >= 11 is 0. The number of halogens is 1. The summed E-state index contributed by atoms with van der Waals surface area (Å²) in [6.45, 7) is 4.12. The van der Waals surface area contributed by atoms with Crippen LogP contribution < -0.4 is 16.0 Å². The number of ether oxygens (including phenoxy) is 1. The van der Waals surface area contributed by atoms with Crippen molar-refractivity contribution < 1.29 is 13.9 Å². The summed E-state index contributed by atoms with van der Waals surface area (Å²) in [7, 11) is 1.63. The fourth-order valence-corrected chi connectivity index (χ4v) is 1.65. The van der Waals surface area contributed by atoms with E-state index in [2.05, 4.69) is 20.9 Å². The van der Waals surface area contributed by atoms with Crippen molar-refractivity contribution in [3.8, 4) is 0 Å². The number of amides is 1. The number of carbonyl (C=O) groups is 1. The summed E-state index contributed by atoms with van der Waals surface area (Å²) in [5.41, 5.74) is 0.549. The number of benzene rings is 1. The molecule has 0 atom stereocenters. The lowest BCUT2D eigenvalue weighted by Gasteiger charge is -2.12. The molecule has 1 aromatic carbocycles. The van der Waals surface area contributed by atoms with E-state index in [1.165, 1.54) is 24.3 Å². The van der Waals surface area contributed by atoms with Gasteiger partial charge in [0.15, 0.2) is 5.96 Å². The molecule has 0 spiro atoms. The first-order valence-corrected chi connectivity index (χ1v) is 7.23. The van der Waals surface area contributed by atoms with E-state index in [0.717, 1.165) is 6.42 Å². The van der Waals surface area contributed by atoms with Gasteiger partial charge in [0.1, 0.15) is 5.82 Å². The van der Waals surface area contributed by atoms with Gasteiger partial charge in [-0.25, -0.2) is 4.39 Å². The van der Waals surface area contributed by atoms with Gasteiger partial charge >= 0.3 is 0 Å². The highest BCUT2D eigenvalue weighted by molar-refractivity contribution is 5.94. The predicted molar refractivity (Wildman–Crippen MR) is 85.5 cm³/mol. The van der Waals surface area contributed by atoms with Crippen molar-refractivity contribution in [1.82, 2.24) is 10.6 Å². The molecule has 0 aliphatic carbocycles. The van der Waals surface area contributed by atoms with Crippen molar-refractivity contribution in [3.63, 3.8) is 0 Å². The number of anilines is 1. The van der Waals surface area contributed by atoms with Crippen LogP contribution in [0.2, 0.25) is 0 Å². The molecule has 122 valence electrons. The van der Waals surface area contributed by atoms with Crippen LogP contribution in [0.3, 0.4) is 0 Å². The topological polar surface area (TPSA) is 74.8 Å². The highest BCUT2D eigenvalue weighted by atomic mass is 19.1. The Morgan fingerprint density at radius 3 is 2.64 bits per heavy atom. The molecule has 0 radical (unpaired) electrons. The normalized spacial score (nSPS) is 11.1. The van der Waals surface area contributed by atoms with Crippen molar-refractivity contribution in [1.29, 1.82) is 0 Å². The van der Waals surface area contributed by atoms with Gasteiger partial charge in [0, 0.05) is 32.5 Å². The van der Waals surface area contributed by atoms with E-state index in [0.29, 0.717) is 31.4 Å². The van der Waals surface area contributed by atoms with Crippen LogP contribution in [0.5, 0.6) is 0 Å². The Morgan fingerprint density at radius 2 is 2.00 bits per heavy atom. The van der Waals surface area contributed by atoms with Gasteiger partial charge < -0.3 is 20.7 Å². The van der Waals surface area contributed by atoms with Gasteiger partial charge in [0.2, 0.25) is 5.91 Å². The zero-order valence-corrected chi connectivity index (χ0v) is 13.0. The average Bonchev–Trinajstić information content (AvgIpc) is 2.52. The average molecular weight is 310 g/mol. The molecule has 1 aromatic rings. The number of aliphatic imine (C=N–C) groups is 1. The maximum absolute atomic E-state index is 12.8. The maximum atomic E-state index is 12.8. The second-order valence-corrected chi connectivity index (χ2v) is 4.46. The first kappa shape index (κ1) is 17.9. The largest absolute Gasteiger partial charge is 0.382 e. The summed E-state index contributed by atoms with van der Waals surface area (Å²) < 4.78 is 18.0. The SMILES string of the molecule is CCOCCCNC(=NC)NCC(=O)Nc1ccc(F)cc1. The highest BCUT2D eigenvalue weighted by Gasteiger charge is 2.04. The second kappa shape index (κ2) is 10.6. The maximum Gasteiger partial charge on any atom is 0.243 e. The Morgan fingerprint density at radius 1 is 1.27 bits per heavy atom. The molecule has 0 saturated carbocycles. The lowest BCUT2D eigenvalue weighted by molar-refractivity contribution is -0.115. The van der Waals surface area contributed by atoms with Gasteiger partial charge in [-0.05, 0) is 37.6 Å². The number of rotatable bonds is 8. The van der Waals surface area contributed by atoms with Crippen LogP contribution in [-0.4, -0.2) is 45.2 Å². The monoisotopic (exact) mass is 310 g/mol. The Labute approximate surface area is 130 Å². The Hall–Kier alpha value is -2.15. The molecule has 0 saturated heterocycles. The molecule has 0 fully saturated rings. The molecule has 0 aliphatic rings. The second-order valence-electron chi connectivity index (χ2n) is 4.46. The van der Waals surface area contributed by atoms with Gasteiger partial charge in [-0.2, -0.15) is 0 Å². The molecule has 0 aliphatic heterocycles. The van der Waals surface area contributed by atoms with Crippen molar-refractivity contribution in [2.24, 2.45) is 4.99 Å². The van der Waals surface area contributed by atoms with E-state index in [1.54, 1.807) is 7.05 Å². The zero-order chi connectivity index (χ0) is 16.2. The molecule has 0 unspecified atom stereocenters. The number of nitrogens with zero attached hydrogens (tertiary/aromatic N) is 1. The van der Waals surface area contributed by atoms with Crippen LogP contribution in [0.15, 0.2) is 29.3 Å². The van der Waals surface area contributed by atoms with Crippen LogP contribution in [0.4, 0.5) is 10.1 Å². The van der Waals surface area contributed by atoms with Crippen LogP contribution in [0, 0.1) is 5.82 Å². The van der Waals surface area contributed by atoms with E-state index >= 15 is 0 Å². The molecular weight excluding hydrogens is 287 g/mol. The summed E-state index contributed by atoms with van der Waals surface area (Å²) in [5, 5.41) is 8.65. The van der Waals surface area contributed by atoms with Crippen molar-refractivity contribution >= 4 is 17.6 Å². The minimum absolute atomic E-state index is 0.0719. The molecule has 6 nitrogen and oxygen atoms in total. The van der Waals surface area contributed by atoms with E-state index < -0.39 is 0 Å². The minimum atomic E-state index is -0.340. The van der Waals surface area contributed by atoms with Gasteiger partial charge in [0.05, 0.1) is 6.54 Å². The first-order chi connectivity index (χ1) is 10.7. The number of carbonyl (C=O) groups excluding carboxylic acids is 1. The number of guanidine groups is 1. The summed E-state index contributed by atoms with van der Waals surface area (Å²) in [5.74, 6) is -0.0255. The number of nitrogens with one attached hydrogen (secondary N) is 3. The van der Waals surface area contributed by atoms with Gasteiger partial charge in [-0.15, -0.1) is 0 Å². The number of hydrogen-bond acceptors (Lipinski definition) is 3. The minimum Gasteiger partial charge on any atom is -0.382 e. The van der Waals surface area contributed by atoms with Crippen LogP contribution in [0.25, 0.3) is 0 Å². The fourth-order valence-electron chi connectivity index (χ4n) is 1.65. The molecule has 3 N–H and O–H groups in total. The van der Waals surface area contributed by atoms with Crippen LogP contribution >= 0.6 is 0 Å². The molecule has 0 aromatic heterocycles. The van der Waals surface area contributed by atoms with Crippen LogP contribution in [0.1, 0.15) is 13.3 Å². The lowest BCUT2D eigenvalue weighted by Crippen LogP contribution is -2.41. The fraction of sp³-hybridized carbons (Fsp3) is 0.467. The van der Waals surface area contributed by atoms with Crippen LogP contribution in [-0.2, 0) is 9.53 Å². The Balaban J connectivity index is 2.24. The van der Waals surface area contributed by atoms with Crippen molar-refractivity contribution in [3.05, 3.63) is 30.1 Å². The highest BCUT2D eigenvalue weighted by Crippen LogP contribution is 2.07. The molecule has 0 bridgehead atoms. The van der Waals surface area contributed by atoms with Crippen molar-refractivity contribution in [2.75, 3.05) is 38.7 Å². The molecule has 1 rings (SSSR count). The van der Waals surface area contributed by atoms with E-state index in [-0.39, 0.29) is 18.3 Å². The molecule has 7 heteroatoms. The third-order valence-electron chi connectivity index (χ3n) is 2.73. The molecule has 22 heavy (non-hydrogen) atoms. The predicted octanol–water partition coefficient (Wildman–Crippen LogP) is 1.36. The number of hydrogen-bond donors (Lipinski definition) is 3. The first-order valence-electron chi connectivity index (χ1n) is 7.23. The van der Waals surface area contributed by atoms with Gasteiger partial charge in [0.25, 0.3) is 0 Å².